The first-order valence-corrected chi connectivity index (χ1v) is 13.6. The van der Waals surface area contributed by atoms with Crippen molar-refractivity contribution in [2.75, 3.05) is 16.9 Å². The maximum absolute atomic E-state index is 12.6. The third-order valence-electron chi connectivity index (χ3n) is 5.19. The molecule has 3 rings (SSSR count). The Morgan fingerprint density at radius 2 is 1.74 bits per heavy atom. The molecule has 0 aliphatic carbocycles. The van der Waals surface area contributed by atoms with E-state index in [0.29, 0.717) is 11.8 Å². The molecule has 2 atom stereocenters. The first-order valence-electron chi connectivity index (χ1n) is 10.6. The van der Waals surface area contributed by atoms with Crippen LogP contribution in [0.5, 0.6) is 0 Å². The van der Waals surface area contributed by atoms with Gasteiger partial charge in [-0.2, -0.15) is 13.4 Å². The van der Waals surface area contributed by atoms with Crippen molar-refractivity contribution < 1.29 is 13.5 Å². The summed E-state index contributed by atoms with van der Waals surface area (Å²) in [7, 11) is -4.73. The van der Waals surface area contributed by atoms with E-state index >= 15 is 0 Å². The van der Waals surface area contributed by atoms with E-state index in [0.717, 1.165) is 21.7 Å². The lowest BCUT2D eigenvalue weighted by Crippen LogP contribution is -2.39. The summed E-state index contributed by atoms with van der Waals surface area (Å²) in [5, 5.41) is 16.5. The molecule has 0 saturated carbocycles. The quantitative estimate of drug-likeness (QED) is 0.422. The van der Waals surface area contributed by atoms with Gasteiger partial charge in [0.1, 0.15) is 5.82 Å². The fourth-order valence-electron chi connectivity index (χ4n) is 2.73. The molecule has 1 aromatic carbocycles. The summed E-state index contributed by atoms with van der Waals surface area (Å²) in [4.78, 5) is 13.6. The van der Waals surface area contributed by atoms with Gasteiger partial charge < -0.3 is 15.7 Å². The Labute approximate surface area is 203 Å². The van der Waals surface area contributed by atoms with Gasteiger partial charge in [0.25, 0.3) is 0 Å². The van der Waals surface area contributed by atoms with E-state index < -0.39 is 26.3 Å². The molecule has 0 aliphatic rings. The summed E-state index contributed by atoms with van der Waals surface area (Å²) in [6.07, 6.45) is 4.96. The summed E-state index contributed by atoms with van der Waals surface area (Å²) in [6.45, 7) is 9.09. The number of aromatic nitrogens is 3. The van der Waals surface area contributed by atoms with Crippen molar-refractivity contribution in [1.82, 2.24) is 15.0 Å². The van der Waals surface area contributed by atoms with Crippen LogP contribution in [0, 0.1) is 13.8 Å². The van der Waals surface area contributed by atoms with Gasteiger partial charge in [-0.1, -0.05) is 16.8 Å². The van der Waals surface area contributed by atoms with Crippen molar-refractivity contribution in [3.8, 4) is 0 Å². The molecule has 2 heterocycles. The van der Waals surface area contributed by atoms with Crippen LogP contribution in [-0.4, -0.2) is 46.4 Å². The van der Waals surface area contributed by atoms with Gasteiger partial charge in [-0.15, -0.1) is 3.77 Å². The van der Waals surface area contributed by atoms with Gasteiger partial charge in [0.2, 0.25) is 5.95 Å². The molecule has 0 bridgehead atoms. The molecular formula is C23H30N6O3S2. The van der Waals surface area contributed by atoms with Crippen LogP contribution in [0.15, 0.2) is 62.5 Å². The average Bonchev–Trinajstić information content (AvgIpc) is 2.76. The summed E-state index contributed by atoms with van der Waals surface area (Å²) in [6, 6.07) is 10.2. The molecule has 34 heavy (non-hydrogen) atoms. The monoisotopic (exact) mass is 502 g/mol. The Kier molecular flexibility index (Phi) is 7.69. The van der Waals surface area contributed by atoms with Crippen LogP contribution in [0.25, 0.3) is 0 Å². The number of sulfonamides is 1. The van der Waals surface area contributed by atoms with Crippen LogP contribution in [0.1, 0.15) is 31.9 Å². The van der Waals surface area contributed by atoms with E-state index in [-0.39, 0.29) is 11.1 Å². The van der Waals surface area contributed by atoms with Crippen molar-refractivity contribution in [3.63, 3.8) is 0 Å². The highest BCUT2D eigenvalue weighted by Gasteiger charge is 2.23. The van der Waals surface area contributed by atoms with E-state index in [2.05, 4.69) is 29.4 Å². The van der Waals surface area contributed by atoms with Crippen molar-refractivity contribution in [2.24, 2.45) is 3.77 Å². The lowest BCUT2D eigenvalue weighted by molar-refractivity contribution is 0.0647. The minimum atomic E-state index is -3.85. The van der Waals surface area contributed by atoms with Gasteiger partial charge in [-0.3, -0.25) is 0 Å². The number of aliphatic hydroxyl groups is 1. The highest BCUT2D eigenvalue weighted by atomic mass is 32.3. The smallest absolute Gasteiger partial charge is 0.305 e. The number of pyridine rings is 1. The molecule has 0 fully saturated rings. The van der Waals surface area contributed by atoms with Crippen molar-refractivity contribution in [2.45, 2.75) is 56.2 Å². The second-order valence-corrected chi connectivity index (χ2v) is 12.0. The largest absolute Gasteiger partial charge is 0.388 e. The van der Waals surface area contributed by atoms with E-state index in [1.54, 1.807) is 32.4 Å². The molecule has 182 valence electrons. The first kappa shape index (κ1) is 25.7. The first-order chi connectivity index (χ1) is 15.8. The second kappa shape index (κ2) is 10.2. The Hall–Kier alpha value is -2.89. The molecule has 0 radical (unpaired) electrons. The fraction of sp³-hybridized carbons (Fsp3) is 0.348. The number of hydrogen-bond acceptors (Lipinski definition) is 8. The van der Waals surface area contributed by atoms with Gasteiger partial charge in [0.15, 0.2) is 5.03 Å². The van der Waals surface area contributed by atoms with E-state index in [1.165, 1.54) is 12.3 Å². The van der Waals surface area contributed by atoms with E-state index in [4.69, 9.17) is 0 Å². The van der Waals surface area contributed by atoms with Crippen molar-refractivity contribution in [3.05, 3.63) is 59.9 Å². The lowest BCUT2D eigenvalue weighted by Gasteiger charge is -2.27. The molecule has 0 amide bonds. The fourth-order valence-corrected chi connectivity index (χ4v) is 5.51. The molecule has 2 aromatic heterocycles. The van der Waals surface area contributed by atoms with Crippen LogP contribution in [0.3, 0.4) is 0 Å². The molecule has 3 N–H and O–H groups in total. The van der Waals surface area contributed by atoms with Crippen LogP contribution in [0.2, 0.25) is 0 Å². The Balaban J connectivity index is 1.75. The number of rotatable bonds is 8. The van der Waals surface area contributed by atoms with Crippen LogP contribution in [-0.2, 0) is 20.7 Å². The maximum Gasteiger partial charge on any atom is 0.305 e. The zero-order chi connectivity index (χ0) is 25.1. The summed E-state index contributed by atoms with van der Waals surface area (Å²) >= 11 is 0. The Morgan fingerprint density at radius 1 is 1.06 bits per heavy atom. The number of anilines is 3. The third-order valence-corrected chi connectivity index (χ3v) is 8.60. The summed E-state index contributed by atoms with van der Waals surface area (Å²) in [5.41, 5.74) is 1.57. The van der Waals surface area contributed by atoms with Gasteiger partial charge in [-0.25, -0.2) is 9.97 Å². The zero-order valence-corrected chi connectivity index (χ0v) is 21.7. The Morgan fingerprint density at radius 3 is 2.32 bits per heavy atom. The minimum Gasteiger partial charge on any atom is -0.388 e. The van der Waals surface area contributed by atoms with Crippen molar-refractivity contribution >= 4 is 38.2 Å². The number of nitrogens with one attached hydrogen (secondary N) is 2. The lowest BCUT2D eigenvalue weighted by atomic mass is 10.0. The normalized spacial score (nSPS) is 14.0. The molecule has 0 aliphatic heterocycles. The third kappa shape index (κ3) is 6.58. The minimum absolute atomic E-state index is 0.0597. The molecule has 0 spiro atoms. The van der Waals surface area contributed by atoms with Crippen molar-refractivity contribution in [1.29, 1.82) is 0 Å². The highest BCUT2D eigenvalue weighted by molar-refractivity contribution is 7.99. The predicted octanol–water partition coefficient (Wildman–Crippen LogP) is 3.98. The van der Waals surface area contributed by atoms with E-state index in [1.807, 2.05) is 45.0 Å². The number of hydrogen-bond donors (Lipinski definition) is 3. The second-order valence-electron chi connectivity index (χ2n) is 8.60. The number of aryl methyl sites for hydroxylation is 2. The topological polar surface area (TPSA) is 129 Å². The Bertz CT molecular complexity index is 1290. The maximum atomic E-state index is 12.6. The SMILES string of the molecule is Cc1ccc(S(=O)(=O)N=S(C)c2ccc(Nc3ncc(C)c(N[C@H](C)C(C)(C)O)n3)cc2)nc1. The molecule has 3 aromatic rings. The molecular weight excluding hydrogens is 472 g/mol. The van der Waals surface area contributed by atoms with Crippen LogP contribution >= 0.6 is 0 Å². The van der Waals surface area contributed by atoms with E-state index in [9.17, 15) is 13.5 Å². The van der Waals surface area contributed by atoms with Gasteiger partial charge >= 0.3 is 10.0 Å². The predicted molar refractivity (Wildman–Crippen MR) is 136 cm³/mol. The summed E-state index contributed by atoms with van der Waals surface area (Å²) in [5.74, 6) is 1.03. The number of benzene rings is 1. The molecule has 0 saturated heterocycles. The highest BCUT2D eigenvalue weighted by Crippen LogP contribution is 2.22. The molecule has 11 heteroatoms. The van der Waals surface area contributed by atoms with Crippen LogP contribution in [0.4, 0.5) is 17.5 Å². The van der Waals surface area contributed by atoms with Gasteiger partial charge in [-0.05, 0) is 76.8 Å². The van der Waals surface area contributed by atoms with Gasteiger partial charge in [0, 0.05) is 28.5 Å². The molecule has 1 unspecified atom stereocenters. The molecule has 9 nitrogen and oxygen atoms in total. The van der Waals surface area contributed by atoms with Crippen LogP contribution < -0.4 is 10.6 Å². The summed E-state index contributed by atoms with van der Waals surface area (Å²) < 4.78 is 29.1. The standard InChI is InChI=1S/C23H30N6O3S2/c1-15-7-12-20(24-13-15)34(31,32)29-33(6)19-10-8-18(9-11-19)27-22-25-14-16(2)21(28-22)26-17(3)23(4,5)30/h7-14,17,30H,1-6H3,(H2,25,26,27,28)/t17-,33?/m1/s1. The van der Waals surface area contributed by atoms with Gasteiger partial charge in [0.05, 0.1) is 11.6 Å². The average molecular weight is 503 g/mol. The number of nitrogens with zero attached hydrogens (tertiary/aromatic N) is 4. The zero-order valence-electron chi connectivity index (χ0n) is 20.1.